The smallest absolute Gasteiger partial charge is 0.333 e. The molecule has 2 aliphatic rings. The van der Waals surface area contributed by atoms with Crippen LogP contribution in [0.4, 0.5) is 17.1 Å². The second-order valence-corrected chi connectivity index (χ2v) is 18.1. The van der Waals surface area contributed by atoms with Gasteiger partial charge in [-0.15, -0.1) is 22.7 Å². The van der Waals surface area contributed by atoms with Crippen molar-refractivity contribution < 1.29 is 4.42 Å². The molecule has 15 rings (SSSR count). The molecule has 0 atom stereocenters. The van der Waals surface area contributed by atoms with Gasteiger partial charge in [0.05, 0.1) is 5.69 Å². The molecule has 6 heteroatoms. The minimum Gasteiger partial charge on any atom is -0.454 e. The molecule has 4 aromatic heterocycles. The number of benzene rings is 9. The first-order valence-electron chi connectivity index (χ1n) is 19.9. The van der Waals surface area contributed by atoms with E-state index in [9.17, 15) is 0 Å². The average Bonchev–Trinajstić information content (AvgIpc) is 4.02. The van der Waals surface area contributed by atoms with Gasteiger partial charge in [0.25, 0.3) is 0 Å². The van der Waals surface area contributed by atoms with E-state index in [0.29, 0.717) is 0 Å². The molecule has 0 unspecified atom stereocenters. The first-order chi connectivity index (χ1) is 28.7. The van der Waals surface area contributed by atoms with Crippen molar-refractivity contribution in [2.24, 2.45) is 0 Å². The molecule has 0 amide bonds. The fraction of sp³-hybridized carbons (Fsp3) is 0. The normalized spacial score (nSPS) is 13.4. The van der Waals surface area contributed by atoms with Crippen LogP contribution in [0, 0.1) is 0 Å². The summed E-state index contributed by atoms with van der Waals surface area (Å²) in [4.78, 5) is 2.55. The summed E-state index contributed by atoms with van der Waals surface area (Å²) in [6.45, 7) is -0.0924. The molecule has 3 nitrogen and oxygen atoms in total. The van der Waals surface area contributed by atoms with Crippen LogP contribution < -0.4 is 15.8 Å². The number of thiophene rings is 2. The van der Waals surface area contributed by atoms with Gasteiger partial charge >= 0.3 is 6.85 Å². The molecule has 0 bridgehead atoms. The van der Waals surface area contributed by atoms with Crippen molar-refractivity contribution in [2.45, 2.75) is 0 Å². The quantitative estimate of drug-likeness (QED) is 0.155. The second kappa shape index (κ2) is 10.5. The summed E-state index contributed by atoms with van der Waals surface area (Å²) in [7, 11) is 0. The summed E-state index contributed by atoms with van der Waals surface area (Å²) in [5.41, 5.74) is 13.0. The standard InChI is InChI=1S/C52H27BN2OS2/c1-2-11-29-23-42-36(22-28(29)10-1)34-15-9-16-35-39-25-40-31-12-3-6-17-44(31)56-52(40)51-49(39)53(55(42)50(34)35)41-27-48-38(33-14-5-8-19-46(33)58-48)26-43(41)54(51)30-20-21-47-37(24-30)32-13-4-7-18-45(32)57-47/h1-27H. The summed E-state index contributed by atoms with van der Waals surface area (Å²) < 4.78 is 15.0. The highest BCUT2D eigenvalue weighted by molar-refractivity contribution is 7.26. The maximum absolute atomic E-state index is 7.12. The van der Waals surface area contributed by atoms with Crippen LogP contribution in [0.25, 0.3) is 106 Å². The summed E-state index contributed by atoms with van der Waals surface area (Å²) in [6.07, 6.45) is 0. The van der Waals surface area contributed by atoms with E-state index in [1.54, 1.807) is 0 Å². The molecule has 0 spiro atoms. The zero-order valence-electron chi connectivity index (χ0n) is 30.8. The highest BCUT2D eigenvalue weighted by Gasteiger charge is 2.45. The lowest BCUT2D eigenvalue weighted by atomic mass is 9.45. The average molecular weight is 771 g/mol. The first kappa shape index (κ1) is 30.3. The minimum atomic E-state index is -0.0924. The van der Waals surface area contributed by atoms with Crippen LogP contribution in [0.5, 0.6) is 0 Å². The van der Waals surface area contributed by atoms with Crippen molar-refractivity contribution in [3.63, 3.8) is 0 Å². The number of furan rings is 1. The van der Waals surface area contributed by atoms with E-state index >= 15 is 0 Å². The van der Waals surface area contributed by atoms with Crippen LogP contribution in [0.1, 0.15) is 0 Å². The van der Waals surface area contributed by atoms with E-state index in [2.05, 4.69) is 173 Å². The van der Waals surface area contributed by atoms with E-state index in [-0.39, 0.29) is 6.85 Å². The number of fused-ring (bicyclic) bond motifs is 18. The van der Waals surface area contributed by atoms with Crippen LogP contribution >= 0.6 is 22.7 Å². The van der Waals surface area contributed by atoms with Crippen molar-refractivity contribution in [3.05, 3.63) is 164 Å². The maximum Gasteiger partial charge on any atom is 0.333 e. The summed E-state index contributed by atoms with van der Waals surface area (Å²) in [5, 5.41) is 12.6. The van der Waals surface area contributed by atoms with Gasteiger partial charge in [-0.1, -0.05) is 97.1 Å². The van der Waals surface area contributed by atoms with Gasteiger partial charge in [-0.05, 0) is 94.0 Å². The Morgan fingerprint density at radius 3 is 2.00 bits per heavy atom. The van der Waals surface area contributed by atoms with Crippen LogP contribution in [-0.2, 0) is 0 Å². The lowest BCUT2D eigenvalue weighted by molar-refractivity contribution is 0.669. The Morgan fingerprint density at radius 2 is 1.16 bits per heavy atom. The first-order valence-corrected chi connectivity index (χ1v) is 21.5. The van der Waals surface area contributed by atoms with Crippen LogP contribution in [0.15, 0.2) is 168 Å². The van der Waals surface area contributed by atoms with Gasteiger partial charge in [-0.25, -0.2) is 0 Å². The van der Waals surface area contributed by atoms with Gasteiger partial charge < -0.3 is 13.8 Å². The number of hydrogen-bond donors (Lipinski definition) is 0. The van der Waals surface area contributed by atoms with E-state index in [1.165, 1.54) is 101 Å². The predicted octanol–water partition coefficient (Wildman–Crippen LogP) is 14.0. The number of hydrogen-bond acceptors (Lipinski definition) is 4. The summed E-state index contributed by atoms with van der Waals surface area (Å²) in [5.74, 6) is 0. The Morgan fingerprint density at radius 1 is 0.466 bits per heavy atom. The number of anilines is 3. The Kier molecular flexibility index (Phi) is 5.51. The molecule has 13 aromatic rings. The van der Waals surface area contributed by atoms with Crippen molar-refractivity contribution in [2.75, 3.05) is 4.90 Å². The zero-order chi connectivity index (χ0) is 37.4. The van der Waals surface area contributed by atoms with Gasteiger partial charge in [-0.3, -0.25) is 0 Å². The zero-order valence-corrected chi connectivity index (χ0v) is 32.4. The number of para-hydroxylation sites is 2. The second-order valence-electron chi connectivity index (χ2n) is 16.0. The molecular formula is C52H27BN2OS2. The molecule has 0 saturated carbocycles. The lowest BCUT2D eigenvalue weighted by Gasteiger charge is -2.40. The Labute approximate surface area is 339 Å². The lowest BCUT2D eigenvalue weighted by Crippen LogP contribution is -2.56. The Hall–Kier alpha value is -6.86. The van der Waals surface area contributed by atoms with Crippen LogP contribution in [-0.4, -0.2) is 11.3 Å². The highest BCUT2D eigenvalue weighted by Crippen LogP contribution is 2.51. The number of nitrogens with zero attached hydrogens (tertiary/aromatic N) is 2. The topological polar surface area (TPSA) is 21.3 Å². The third kappa shape index (κ3) is 3.67. The van der Waals surface area contributed by atoms with Gasteiger partial charge in [0.2, 0.25) is 0 Å². The molecule has 266 valence electrons. The predicted molar refractivity (Wildman–Crippen MR) is 251 cm³/mol. The third-order valence-corrected chi connectivity index (χ3v) is 15.4. The molecule has 6 heterocycles. The monoisotopic (exact) mass is 770 g/mol. The van der Waals surface area contributed by atoms with E-state index in [1.807, 2.05) is 22.7 Å². The molecular weight excluding hydrogens is 744 g/mol. The van der Waals surface area contributed by atoms with Gasteiger partial charge in [0.15, 0.2) is 5.58 Å². The number of rotatable bonds is 1. The van der Waals surface area contributed by atoms with Crippen molar-refractivity contribution in [1.29, 1.82) is 0 Å². The largest absolute Gasteiger partial charge is 0.454 e. The van der Waals surface area contributed by atoms with E-state index in [4.69, 9.17) is 4.42 Å². The molecule has 0 radical (unpaired) electrons. The highest BCUT2D eigenvalue weighted by atomic mass is 32.1. The Balaban J connectivity index is 1.17. The minimum absolute atomic E-state index is 0.0924. The molecule has 0 saturated heterocycles. The molecule has 58 heavy (non-hydrogen) atoms. The van der Waals surface area contributed by atoms with E-state index in [0.717, 1.165) is 33.3 Å². The van der Waals surface area contributed by atoms with Crippen molar-refractivity contribution in [1.82, 2.24) is 4.48 Å². The Bertz CT molecular complexity index is 4020. The summed E-state index contributed by atoms with van der Waals surface area (Å²) in [6, 6.07) is 61.4. The van der Waals surface area contributed by atoms with Gasteiger partial charge in [0.1, 0.15) is 5.58 Å². The van der Waals surface area contributed by atoms with Crippen molar-refractivity contribution >= 4 is 152 Å². The van der Waals surface area contributed by atoms with Crippen molar-refractivity contribution in [3.8, 4) is 11.1 Å². The third-order valence-electron chi connectivity index (χ3n) is 13.1. The fourth-order valence-electron chi connectivity index (χ4n) is 10.7. The molecule has 0 aliphatic carbocycles. The summed E-state index contributed by atoms with van der Waals surface area (Å²) >= 11 is 3.77. The van der Waals surface area contributed by atoms with Crippen LogP contribution in [0.2, 0.25) is 0 Å². The van der Waals surface area contributed by atoms with Gasteiger partial charge in [-0.2, -0.15) is 0 Å². The maximum atomic E-state index is 7.12. The molecule has 2 aliphatic heterocycles. The van der Waals surface area contributed by atoms with E-state index < -0.39 is 0 Å². The molecule has 0 fully saturated rings. The number of aromatic nitrogens is 1. The van der Waals surface area contributed by atoms with Gasteiger partial charge in [0, 0.05) is 89.9 Å². The van der Waals surface area contributed by atoms with Crippen LogP contribution in [0.3, 0.4) is 0 Å². The molecule has 9 aromatic carbocycles. The molecule has 0 N–H and O–H groups in total. The fourth-order valence-corrected chi connectivity index (χ4v) is 12.9. The SMILES string of the molecule is c1ccc2cc3c(cc2c1)c1cccc2c1n3B1c3cc4sc5ccccc5c4cc3N(c3ccc4sc5ccccc5c4c3)c3c1c-2cc1c3oc2ccccc21.